The lowest BCUT2D eigenvalue weighted by Crippen LogP contribution is -2.33. The molecule has 148 valence electrons. The van der Waals surface area contributed by atoms with Crippen LogP contribution in [0.1, 0.15) is 28.8 Å². The molecule has 3 unspecified atom stereocenters. The zero-order valence-electron chi connectivity index (χ0n) is 16.3. The van der Waals surface area contributed by atoms with Gasteiger partial charge in [-0.2, -0.15) is 0 Å². The third-order valence-electron chi connectivity index (χ3n) is 6.40. The molecule has 1 amide bonds. The Morgan fingerprint density at radius 3 is 2.72 bits per heavy atom. The van der Waals surface area contributed by atoms with E-state index in [0.29, 0.717) is 18.4 Å². The van der Waals surface area contributed by atoms with Gasteiger partial charge in [0.25, 0.3) is 5.91 Å². The summed E-state index contributed by atoms with van der Waals surface area (Å²) in [7, 11) is 0. The number of carbonyl (C=O) groups excluding carboxylic acids is 1. The number of benzene rings is 2. The van der Waals surface area contributed by atoms with Crippen LogP contribution in [0.2, 0.25) is 0 Å². The van der Waals surface area contributed by atoms with Crippen LogP contribution in [0.15, 0.2) is 60.8 Å². The maximum absolute atomic E-state index is 12.9. The summed E-state index contributed by atoms with van der Waals surface area (Å²) in [5.74, 6) is 1.98. The quantitative estimate of drug-likeness (QED) is 0.742. The number of para-hydroxylation sites is 1. The number of likely N-dealkylation sites (tertiary alicyclic amines) is 1. The van der Waals surface area contributed by atoms with Gasteiger partial charge in [-0.15, -0.1) is 0 Å². The van der Waals surface area contributed by atoms with Gasteiger partial charge < -0.3 is 15.4 Å². The molecule has 1 saturated carbocycles. The molecule has 5 nitrogen and oxygen atoms in total. The van der Waals surface area contributed by atoms with Crippen molar-refractivity contribution < 1.29 is 9.53 Å². The van der Waals surface area contributed by atoms with Crippen molar-refractivity contribution in [2.24, 2.45) is 17.6 Å². The fraction of sp³-hybridized carbons (Fsp3) is 0.333. The van der Waals surface area contributed by atoms with E-state index in [1.54, 1.807) is 6.20 Å². The smallest absolute Gasteiger partial charge is 0.253 e. The molecule has 1 saturated heterocycles. The second-order valence-corrected chi connectivity index (χ2v) is 8.19. The predicted molar refractivity (Wildman–Crippen MR) is 113 cm³/mol. The molecule has 2 fully saturated rings. The summed E-state index contributed by atoms with van der Waals surface area (Å²) in [6.45, 7) is 2.09. The summed E-state index contributed by atoms with van der Waals surface area (Å²) >= 11 is 0. The Kier molecular flexibility index (Phi) is 4.68. The number of pyridine rings is 1. The minimum absolute atomic E-state index is 0.110. The number of carbonyl (C=O) groups is 1. The molecule has 1 aromatic heterocycles. The number of nitrogens with two attached hydrogens (primary N) is 1. The highest BCUT2D eigenvalue weighted by atomic mass is 16.5. The molecule has 0 spiro atoms. The molecule has 0 radical (unpaired) electrons. The zero-order valence-corrected chi connectivity index (χ0v) is 16.3. The number of hydrogen-bond acceptors (Lipinski definition) is 4. The van der Waals surface area contributed by atoms with Gasteiger partial charge in [0.1, 0.15) is 12.4 Å². The Morgan fingerprint density at radius 2 is 1.90 bits per heavy atom. The molecule has 5 heteroatoms. The second kappa shape index (κ2) is 7.48. The number of amides is 1. The van der Waals surface area contributed by atoms with Crippen molar-refractivity contribution in [2.75, 3.05) is 13.1 Å². The normalized spacial score (nSPS) is 23.3. The van der Waals surface area contributed by atoms with Crippen LogP contribution >= 0.6 is 0 Å². The van der Waals surface area contributed by atoms with E-state index < -0.39 is 0 Å². The first-order valence-electron chi connectivity index (χ1n) is 10.3. The SMILES string of the molecule is NC1CCC2CN(C(=O)c3ccc(COc4ccnc5ccccc45)cc3)CC12. The highest BCUT2D eigenvalue weighted by Gasteiger charge is 2.42. The molecule has 1 aliphatic heterocycles. The van der Waals surface area contributed by atoms with Crippen molar-refractivity contribution in [3.63, 3.8) is 0 Å². The lowest BCUT2D eigenvalue weighted by molar-refractivity contribution is 0.0779. The van der Waals surface area contributed by atoms with Crippen molar-refractivity contribution in [3.8, 4) is 5.75 Å². The molecule has 3 aromatic rings. The first-order valence-corrected chi connectivity index (χ1v) is 10.3. The van der Waals surface area contributed by atoms with Gasteiger partial charge in [0.15, 0.2) is 0 Å². The highest BCUT2D eigenvalue weighted by molar-refractivity contribution is 5.94. The lowest BCUT2D eigenvalue weighted by Gasteiger charge is -2.19. The number of rotatable bonds is 4. The van der Waals surface area contributed by atoms with Crippen LogP contribution in [-0.2, 0) is 6.61 Å². The molecular formula is C24H25N3O2. The van der Waals surface area contributed by atoms with Crippen LogP contribution < -0.4 is 10.5 Å². The van der Waals surface area contributed by atoms with Crippen LogP contribution in [0.5, 0.6) is 5.75 Å². The van der Waals surface area contributed by atoms with E-state index in [2.05, 4.69) is 4.98 Å². The third-order valence-corrected chi connectivity index (χ3v) is 6.40. The monoisotopic (exact) mass is 387 g/mol. The Morgan fingerprint density at radius 1 is 1.07 bits per heavy atom. The fourth-order valence-electron chi connectivity index (χ4n) is 4.76. The van der Waals surface area contributed by atoms with E-state index in [0.717, 1.165) is 53.7 Å². The largest absolute Gasteiger partial charge is 0.488 e. The predicted octanol–water partition coefficient (Wildman–Crippen LogP) is 3.62. The Balaban J connectivity index is 1.24. The lowest BCUT2D eigenvalue weighted by atomic mass is 9.98. The van der Waals surface area contributed by atoms with E-state index in [9.17, 15) is 4.79 Å². The summed E-state index contributed by atoms with van der Waals surface area (Å²) in [6, 6.07) is 17.8. The Labute approximate surface area is 170 Å². The maximum Gasteiger partial charge on any atom is 0.253 e. The summed E-state index contributed by atoms with van der Waals surface area (Å²) in [5.41, 5.74) is 8.88. The van der Waals surface area contributed by atoms with Crippen molar-refractivity contribution in [1.82, 2.24) is 9.88 Å². The van der Waals surface area contributed by atoms with Crippen LogP contribution in [0.4, 0.5) is 0 Å². The molecule has 0 bridgehead atoms. The van der Waals surface area contributed by atoms with Crippen LogP contribution in [0, 0.1) is 11.8 Å². The third kappa shape index (κ3) is 3.47. The number of hydrogen-bond donors (Lipinski definition) is 1. The minimum atomic E-state index is 0.110. The highest BCUT2D eigenvalue weighted by Crippen LogP contribution is 2.37. The van der Waals surface area contributed by atoms with Gasteiger partial charge in [-0.05, 0) is 60.6 Å². The minimum Gasteiger partial charge on any atom is -0.488 e. The summed E-state index contributed by atoms with van der Waals surface area (Å²) in [5, 5.41) is 1.000. The molecule has 29 heavy (non-hydrogen) atoms. The van der Waals surface area contributed by atoms with E-state index in [1.807, 2.05) is 59.5 Å². The zero-order chi connectivity index (χ0) is 19.8. The first kappa shape index (κ1) is 18.1. The molecule has 2 aliphatic rings. The van der Waals surface area contributed by atoms with Crippen LogP contribution in [0.3, 0.4) is 0 Å². The molecule has 2 heterocycles. The Bertz CT molecular complexity index is 1030. The summed E-state index contributed by atoms with van der Waals surface area (Å²) in [6.07, 6.45) is 4.01. The fourth-order valence-corrected chi connectivity index (χ4v) is 4.76. The van der Waals surface area contributed by atoms with E-state index in [-0.39, 0.29) is 11.9 Å². The average molecular weight is 387 g/mol. The number of ether oxygens (including phenoxy) is 1. The molecule has 1 aliphatic carbocycles. The molecule has 2 aromatic carbocycles. The number of fused-ring (bicyclic) bond motifs is 2. The molecule has 3 atom stereocenters. The Hall–Kier alpha value is -2.92. The summed E-state index contributed by atoms with van der Waals surface area (Å²) in [4.78, 5) is 19.2. The van der Waals surface area contributed by atoms with Crippen LogP contribution in [0.25, 0.3) is 10.9 Å². The summed E-state index contributed by atoms with van der Waals surface area (Å²) < 4.78 is 6.02. The molecular weight excluding hydrogens is 362 g/mol. The van der Waals surface area contributed by atoms with Crippen molar-refractivity contribution >= 4 is 16.8 Å². The van der Waals surface area contributed by atoms with Gasteiger partial charge in [0, 0.05) is 36.3 Å². The maximum atomic E-state index is 12.9. The average Bonchev–Trinajstić information content (AvgIpc) is 3.34. The first-order chi connectivity index (χ1) is 14.2. The van der Waals surface area contributed by atoms with Crippen LogP contribution in [-0.4, -0.2) is 34.9 Å². The van der Waals surface area contributed by atoms with Crippen molar-refractivity contribution in [2.45, 2.75) is 25.5 Å². The topological polar surface area (TPSA) is 68.5 Å². The van der Waals surface area contributed by atoms with E-state index in [1.165, 1.54) is 0 Å². The molecule has 5 rings (SSSR count). The van der Waals surface area contributed by atoms with E-state index in [4.69, 9.17) is 10.5 Å². The van der Waals surface area contributed by atoms with Gasteiger partial charge in [0.2, 0.25) is 0 Å². The van der Waals surface area contributed by atoms with Gasteiger partial charge in [-0.25, -0.2) is 0 Å². The van der Waals surface area contributed by atoms with Gasteiger partial charge in [-0.1, -0.05) is 24.3 Å². The standard InChI is InChI=1S/C24H25N3O2/c25-21-10-9-18-13-27(14-20(18)21)24(28)17-7-5-16(6-8-17)15-29-23-11-12-26-22-4-2-1-3-19(22)23/h1-8,11-12,18,20-21H,9-10,13-15,25H2. The van der Waals surface area contributed by atoms with Gasteiger partial charge in [0.05, 0.1) is 5.52 Å². The molecule has 2 N–H and O–H groups in total. The second-order valence-electron chi connectivity index (χ2n) is 8.19. The number of nitrogens with zero attached hydrogens (tertiary/aromatic N) is 2. The van der Waals surface area contributed by atoms with Gasteiger partial charge >= 0.3 is 0 Å². The van der Waals surface area contributed by atoms with Crippen molar-refractivity contribution in [1.29, 1.82) is 0 Å². The number of aromatic nitrogens is 1. The van der Waals surface area contributed by atoms with Crippen molar-refractivity contribution in [3.05, 3.63) is 71.9 Å². The van der Waals surface area contributed by atoms with E-state index >= 15 is 0 Å². The van der Waals surface area contributed by atoms with Gasteiger partial charge in [-0.3, -0.25) is 9.78 Å².